The zero-order valence-corrected chi connectivity index (χ0v) is 22.3. The predicted molar refractivity (Wildman–Crippen MR) is 142 cm³/mol. The van der Waals surface area contributed by atoms with Gasteiger partial charge in [0, 0.05) is 27.7 Å². The number of aromatic nitrogens is 2. The van der Waals surface area contributed by atoms with Gasteiger partial charge in [-0.05, 0) is 75.6 Å². The Morgan fingerprint density at radius 1 is 1.08 bits per heavy atom. The molecular weight excluding hydrogens is 525 g/mol. The number of halogens is 4. The summed E-state index contributed by atoms with van der Waals surface area (Å²) in [6.45, 7) is 5.85. The largest absolute Gasteiger partial charge is 0.491 e. The average molecular weight is 551 g/mol. The first-order valence-electron chi connectivity index (χ1n) is 11.3. The van der Waals surface area contributed by atoms with Crippen LogP contribution >= 0.6 is 24.2 Å². The van der Waals surface area contributed by atoms with Gasteiger partial charge < -0.3 is 14.0 Å². The summed E-state index contributed by atoms with van der Waals surface area (Å²) in [5, 5.41) is 0.771. The summed E-state index contributed by atoms with van der Waals surface area (Å²) >= 11 is 1.40. The van der Waals surface area contributed by atoms with E-state index in [9.17, 15) is 18.0 Å². The molecule has 2 aromatic heterocycles. The minimum atomic E-state index is -4.46. The first-order valence-corrected chi connectivity index (χ1v) is 12.6. The fourth-order valence-electron chi connectivity index (χ4n) is 3.96. The third-order valence-electron chi connectivity index (χ3n) is 5.45. The second kappa shape index (κ2) is 11.5. The maximum absolute atomic E-state index is 13.1. The van der Waals surface area contributed by atoms with Crippen molar-refractivity contribution >= 4 is 41.0 Å². The number of pyridine rings is 1. The third kappa shape index (κ3) is 5.88. The van der Waals surface area contributed by atoms with Crippen LogP contribution in [-0.4, -0.2) is 34.5 Å². The quantitative estimate of drug-likeness (QED) is 0.173. The standard InChI is InChI=1S/C27H25F3N2O3S.ClH/c1-5-34-26(33)24-25(36-4)21-14-17(22-12-7-18(15-31-22)27(28,29)30)6-13-23(21)32(24)19-8-10-20(11-9-19)35-16(2)3;/h6-16H,5H2,1-4H3;1H. The van der Waals surface area contributed by atoms with E-state index < -0.39 is 17.7 Å². The van der Waals surface area contributed by atoms with Crippen molar-refractivity contribution in [1.29, 1.82) is 0 Å². The molecule has 0 spiro atoms. The lowest BCUT2D eigenvalue weighted by atomic mass is 10.1. The molecule has 0 radical (unpaired) electrons. The van der Waals surface area contributed by atoms with Crippen LogP contribution < -0.4 is 4.74 Å². The van der Waals surface area contributed by atoms with Gasteiger partial charge in [0.2, 0.25) is 0 Å². The zero-order valence-electron chi connectivity index (χ0n) is 20.6. The number of nitrogens with zero attached hydrogens (tertiary/aromatic N) is 2. The van der Waals surface area contributed by atoms with Gasteiger partial charge >= 0.3 is 12.1 Å². The normalized spacial score (nSPS) is 11.5. The fourth-order valence-corrected chi connectivity index (χ4v) is 4.71. The smallest absolute Gasteiger partial charge is 0.417 e. The summed E-state index contributed by atoms with van der Waals surface area (Å²) < 4.78 is 51.9. The van der Waals surface area contributed by atoms with Gasteiger partial charge in [-0.3, -0.25) is 4.98 Å². The number of alkyl halides is 3. The molecule has 0 aliphatic heterocycles. The minimum absolute atomic E-state index is 0. The van der Waals surface area contributed by atoms with Crippen molar-refractivity contribution in [2.24, 2.45) is 0 Å². The van der Waals surface area contributed by atoms with E-state index in [4.69, 9.17) is 9.47 Å². The molecule has 0 atom stereocenters. The van der Waals surface area contributed by atoms with Crippen molar-refractivity contribution in [3.63, 3.8) is 0 Å². The molecule has 196 valence electrons. The van der Waals surface area contributed by atoms with E-state index in [1.807, 2.05) is 61.1 Å². The van der Waals surface area contributed by atoms with Crippen LogP contribution in [0.2, 0.25) is 0 Å². The van der Waals surface area contributed by atoms with Crippen molar-refractivity contribution in [3.8, 4) is 22.7 Å². The van der Waals surface area contributed by atoms with Crippen LogP contribution in [0.1, 0.15) is 36.8 Å². The van der Waals surface area contributed by atoms with Crippen LogP contribution in [0.25, 0.3) is 27.8 Å². The first kappa shape index (κ1) is 28.4. The van der Waals surface area contributed by atoms with Crippen LogP contribution in [0.3, 0.4) is 0 Å². The molecule has 4 rings (SSSR count). The first-order chi connectivity index (χ1) is 17.1. The molecule has 0 aliphatic carbocycles. The van der Waals surface area contributed by atoms with E-state index >= 15 is 0 Å². The maximum atomic E-state index is 13.1. The van der Waals surface area contributed by atoms with E-state index in [1.165, 1.54) is 17.8 Å². The lowest BCUT2D eigenvalue weighted by Crippen LogP contribution is -2.12. The summed E-state index contributed by atoms with van der Waals surface area (Å²) in [6.07, 6.45) is -1.74. The highest BCUT2D eigenvalue weighted by molar-refractivity contribution is 7.99. The van der Waals surface area contributed by atoms with E-state index in [2.05, 4.69) is 4.98 Å². The average Bonchev–Trinajstić information content (AvgIpc) is 3.17. The number of benzene rings is 2. The second-order valence-electron chi connectivity index (χ2n) is 8.26. The van der Waals surface area contributed by atoms with E-state index in [1.54, 1.807) is 13.0 Å². The molecule has 0 fully saturated rings. The molecule has 5 nitrogen and oxygen atoms in total. The zero-order chi connectivity index (χ0) is 26.0. The molecule has 2 aromatic carbocycles. The van der Waals surface area contributed by atoms with Gasteiger partial charge in [0.25, 0.3) is 0 Å². The van der Waals surface area contributed by atoms with Crippen molar-refractivity contribution in [2.45, 2.75) is 37.9 Å². The lowest BCUT2D eigenvalue weighted by Gasteiger charge is -2.13. The van der Waals surface area contributed by atoms with Crippen LogP contribution in [0.4, 0.5) is 13.2 Å². The van der Waals surface area contributed by atoms with Crippen LogP contribution in [0.15, 0.2) is 65.7 Å². The topological polar surface area (TPSA) is 53.3 Å². The number of rotatable bonds is 7. The van der Waals surface area contributed by atoms with Crippen molar-refractivity contribution < 1.29 is 27.4 Å². The molecule has 4 aromatic rings. The van der Waals surface area contributed by atoms with Gasteiger partial charge in [-0.25, -0.2) is 4.79 Å². The molecule has 0 aliphatic rings. The SMILES string of the molecule is CCOC(=O)c1c(SC)c2cc(-c3ccc(C(F)(F)F)cn3)ccc2n1-c1ccc(OC(C)C)cc1.Cl. The van der Waals surface area contributed by atoms with Crippen LogP contribution in [0, 0.1) is 0 Å². The number of fused-ring (bicyclic) bond motifs is 1. The molecule has 10 heteroatoms. The van der Waals surface area contributed by atoms with Gasteiger partial charge in [0.15, 0.2) is 0 Å². The van der Waals surface area contributed by atoms with E-state index in [0.717, 1.165) is 28.9 Å². The number of thioether (sulfide) groups is 1. The highest BCUT2D eigenvalue weighted by atomic mass is 35.5. The minimum Gasteiger partial charge on any atom is -0.491 e. The van der Waals surface area contributed by atoms with E-state index in [-0.39, 0.29) is 25.1 Å². The van der Waals surface area contributed by atoms with Gasteiger partial charge in [0.05, 0.1) is 29.5 Å². The van der Waals surface area contributed by atoms with Crippen molar-refractivity contribution in [3.05, 3.63) is 72.1 Å². The van der Waals surface area contributed by atoms with Crippen molar-refractivity contribution in [2.75, 3.05) is 12.9 Å². The summed E-state index contributed by atoms with van der Waals surface area (Å²) in [4.78, 5) is 17.8. The summed E-state index contributed by atoms with van der Waals surface area (Å²) in [5.74, 6) is 0.249. The number of esters is 1. The van der Waals surface area contributed by atoms with Gasteiger partial charge in [-0.15, -0.1) is 24.2 Å². The number of carbonyl (C=O) groups is 1. The Morgan fingerprint density at radius 3 is 2.32 bits per heavy atom. The molecular formula is C27H26ClF3N2O3S. The Kier molecular flexibility index (Phi) is 8.81. The Labute approximate surface area is 223 Å². The Morgan fingerprint density at radius 2 is 1.78 bits per heavy atom. The highest BCUT2D eigenvalue weighted by Gasteiger charge is 2.31. The maximum Gasteiger partial charge on any atom is 0.417 e. The number of ether oxygens (including phenoxy) is 2. The number of hydrogen-bond donors (Lipinski definition) is 0. The third-order valence-corrected chi connectivity index (χ3v) is 6.27. The lowest BCUT2D eigenvalue weighted by molar-refractivity contribution is -0.137. The molecule has 0 amide bonds. The Hall–Kier alpha value is -3.17. The Balaban J connectivity index is 0.00000380. The molecule has 0 saturated heterocycles. The summed E-state index contributed by atoms with van der Waals surface area (Å²) in [5.41, 5.74) is 2.12. The molecule has 37 heavy (non-hydrogen) atoms. The van der Waals surface area contributed by atoms with Crippen molar-refractivity contribution in [1.82, 2.24) is 9.55 Å². The van der Waals surface area contributed by atoms with Gasteiger partial charge in [0.1, 0.15) is 11.4 Å². The Bertz CT molecular complexity index is 1390. The monoisotopic (exact) mass is 550 g/mol. The molecule has 0 unspecified atom stereocenters. The molecule has 0 saturated carbocycles. The molecule has 0 bridgehead atoms. The summed E-state index contributed by atoms with van der Waals surface area (Å²) in [7, 11) is 0. The van der Waals surface area contributed by atoms with Crippen LogP contribution in [-0.2, 0) is 10.9 Å². The highest BCUT2D eigenvalue weighted by Crippen LogP contribution is 2.38. The number of carbonyl (C=O) groups excluding carboxylic acids is 1. The van der Waals surface area contributed by atoms with Gasteiger partial charge in [-0.1, -0.05) is 6.07 Å². The molecule has 2 heterocycles. The fraction of sp³-hybridized carbons (Fsp3) is 0.259. The summed E-state index contributed by atoms with van der Waals surface area (Å²) in [6, 6.07) is 15.2. The van der Waals surface area contributed by atoms with Crippen LogP contribution in [0.5, 0.6) is 5.75 Å². The molecule has 0 N–H and O–H groups in total. The van der Waals surface area contributed by atoms with E-state index in [0.29, 0.717) is 27.6 Å². The van der Waals surface area contributed by atoms with Gasteiger partial charge in [-0.2, -0.15) is 13.2 Å². The number of hydrogen-bond acceptors (Lipinski definition) is 5. The predicted octanol–water partition coefficient (Wildman–Crippen LogP) is 7.82. The second-order valence-corrected chi connectivity index (χ2v) is 9.08.